The van der Waals surface area contributed by atoms with Crippen LogP contribution in [0.4, 0.5) is 4.39 Å². The molecule has 3 nitrogen and oxygen atoms in total. The summed E-state index contributed by atoms with van der Waals surface area (Å²) in [6.07, 6.45) is 0. The van der Waals surface area contributed by atoms with Crippen LogP contribution in [0.5, 0.6) is 5.75 Å². The van der Waals surface area contributed by atoms with Crippen LogP contribution >= 0.6 is 0 Å². The number of phenolic OH excluding ortho intramolecular Hbond substituents is 1. The van der Waals surface area contributed by atoms with Crippen molar-refractivity contribution in [3.63, 3.8) is 0 Å². The minimum Gasteiger partial charge on any atom is -0.508 e. The highest BCUT2D eigenvalue weighted by Crippen LogP contribution is 2.21. The molecule has 0 aliphatic rings. The van der Waals surface area contributed by atoms with Crippen LogP contribution in [0.2, 0.25) is 0 Å². The summed E-state index contributed by atoms with van der Waals surface area (Å²) in [6, 6.07) is 4.22. The molecule has 0 saturated heterocycles. The summed E-state index contributed by atoms with van der Waals surface area (Å²) in [5.74, 6) is -0.456. The van der Waals surface area contributed by atoms with Crippen molar-refractivity contribution in [1.82, 2.24) is 5.32 Å². The molecule has 2 unspecified atom stereocenters. The Morgan fingerprint density at radius 2 is 2.12 bits per heavy atom. The standard InChI is InChI=1S/C12H18FNO2/c1-8(7-16-3)14-9(2)11-5-4-10(15)6-12(11)13/h4-6,8-9,14-15H,7H2,1-3H3. The number of hydrogen-bond donors (Lipinski definition) is 2. The predicted molar refractivity (Wildman–Crippen MR) is 61.0 cm³/mol. The number of nitrogens with one attached hydrogen (secondary N) is 1. The molecule has 0 saturated carbocycles. The topological polar surface area (TPSA) is 41.5 Å². The predicted octanol–water partition coefficient (Wildman–Crippen LogP) is 2.22. The van der Waals surface area contributed by atoms with E-state index in [2.05, 4.69) is 5.32 Å². The number of phenols is 1. The van der Waals surface area contributed by atoms with Gasteiger partial charge in [0.2, 0.25) is 0 Å². The van der Waals surface area contributed by atoms with E-state index in [0.717, 1.165) is 6.07 Å². The van der Waals surface area contributed by atoms with E-state index in [1.807, 2.05) is 13.8 Å². The van der Waals surface area contributed by atoms with Gasteiger partial charge in [0.15, 0.2) is 0 Å². The van der Waals surface area contributed by atoms with Gasteiger partial charge in [0.1, 0.15) is 11.6 Å². The molecule has 2 atom stereocenters. The van der Waals surface area contributed by atoms with Gasteiger partial charge in [-0.05, 0) is 19.9 Å². The Kier molecular flexibility index (Phi) is 4.71. The quantitative estimate of drug-likeness (QED) is 0.810. The van der Waals surface area contributed by atoms with Crippen molar-refractivity contribution in [2.45, 2.75) is 25.9 Å². The van der Waals surface area contributed by atoms with Crippen LogP contribution in [-0.2, 0) is 4.74 Å². The third-order valence-corrected chi connectivity index (χ3v) is 2.40. The van der Waals surface area contributed by atoms with Gasteiger partial charge in [0.25, 0.3) is 0 Å². The van der Waals surface area contributed by atoms with Gasteiger partial charge in [-0.2, -0.15) is 0 Å². The second-order valence-corrected chi connectivity index (χ2v) is 3.95. The minimum absolute atomic E-state index is 0.0570. The van der Waals surface area contributed by atoms with Gasteiger partial charge in [-0.25, -0.2) is 4.39 Å². The summed E-state index contributed by atoms with van der Waals surface area (Å²) >= 11 is 0. The van der Waals surface area contributed by atoms with Crippen molar-refractivity contribution in [3.05, 3.63) is 29.6 Å². The molecular weight excluding hydrogens is 209 g/mol. The number of methoxy groups -OCH3 is 1. The summed E-state index contributed by atoms with van der Waals surface area (Å²) in [7, 11) is 1.63. The maximum absolute atomic E-state index is 13.5. The average molecular weight is 227 g/mol. The van der Waals surface area contributed by atoms with Crippen LogP contribution in [-0.4, -0.2) is 24.9 Å². The number of rotatable bonds is 5. The minimum atomic E-state index is -0.399. The van der Waals surface area contributed by atoms with Crippen LogP contribution in [0.1, 0.15) is 25.5 Å². The Morgan fingerprint density at radius 3 is 2.69 bits per heavy atom. The van der Waals surface area contributed by atoms with Crippen molar-refractivity contribution >= 4 is 0 Å². The second kappa shape index (κ2) is 5.82. The first-order chi connectivity index (χ1) is 7.54. The van der Waals surface area contributed by atoms with Crippen molar-refractivity contribution in [1.29, 1.82) is 0 Å². The van der Waals surface area contributed by atoms with E-state index in [-0.39, 0.29) is 17.8 Å². The molecule has 1 aromatic carbocycles. The molecule has 2 N–H and O–H groups in total. The van der Waals surface area contributed by atoms with Gasteiger partial charge in [-0.3, -0.25) is 0 Å². The molecule has 0 aliphatic carbocycles. The van der Waals surface area contributed by atoms with Crippen molar-refractivity contribution < 1.29 is 14.2 Å². The van der Waals surface area contributed by atoms with E-state index in [1.165, 1.54) is 6.07 Å². The Bertz CT molecular complexity index is 344. The van der Waals surface area contributed by atoms with Crippen molar-refractivity contribution in [3.8, 4) is 5.75 Å². The first kappa shape index (κ1) is 12.9. The number of ether oxygens (including phenoxy) is 1. The zero-order valence-corrected chi connectivity index (χ0v) is 9.83. The summed E-state index contributed by atoms with van der Waals surface area (Å²) in [6.45, 7) is 4.42. The lowest BCUT2D eigenvalue weighted by atomic mass is 10.1. The number of halogens is 1. The Morgan fingerprint density at radius 1 is 1.44 bits per heavy atom. The highest BCUT2D eigenvalue weighted by Gasteiger charge is 2.13. The van der Waals surface area contributed by atoms with Gasteiger partial charge in [0, 0.05) is 30.8 Å². The lowest BCUT2D eigenvalue weighted by molar-refractivity contribution is 0.167. The molecule has 0 heterocycles. The third kappa shape index (κ3) is 3.47. The van der Waals surface area contributed by atoms with Crippen LogP contribution in [0.25, 0.3) is 0 Å². The van der Waals surface area contributed by atoms with E-state index in [9.17, 15) is 4.39 Å². The van der Waals surface area contributed by atoms with Crippen LogP contribution in [0, 0.1) is 5.82 Å². The van der Waals surface area contributed by atoms with Crippen molar-refractivity contribution in [2.75, 3.05) is 13.7 Å². The molecule has 1 rings (SSSR count). The Balaban J connectivity index is 2.69. The molecule has 0 aromatic heterocycles. The molecule has 0 bridgehead atoms. The van der Waals surface area contributed by atoms with Gasteiger partial charge < -0.3 is 15.2 Å². The maximum Gasteiger partial charge on any atom is 0.131 e. The lowest BCUT2D eigenvalue weighted by Crippen LogP contribution is -2.32. The molecule has 0 aliphatic heterocycles. The highest BCUT2D eigenvalue weighted by atomic mass is 19.1. The van der Waals surface area contributed by atoms with E-state index < -0.39 is 5.82 Å². The normalized spacial score (nSPS) is 14.8. The molecule has 16 heavy (non-hydrogen) atoms. The fraction of sp³-hybridized carbons (Fsp3) is 0.500. The molecule has 0 fully saturated rings. The average Bonchev–Trinajstić information content (AvgIpc) is 2.17. The summed E-state index contributed by atoms with van der Waals surface area (Å²) in [4.78, 5) is 0. The van der Waals surface area contributed by atoms with Gasteiger partial charge in [-0.1, -0.05) is 6.07 Å². The first-order valence-electron chi connectivity index (χ1n) is 5.28. The first-order valence-corrected chi connectivity index (χ1v) is 5.28. The summed E-state index contributed by atoms with van der Waals surface area (Å²) in [5, 5.41) is 12.3. The monoisotopic (exact) mass is 227 g/mol. The van der Waals surface area contributed by atoms with Gasteiger partial charge >= 0.3 is 0 Å². The zero-order valence-electron chi connectivity index (χ0n) is 9.83. The molecule has 0 amide bonds. The maximum atomic E-state index is 13.5. The Labute approximate surface area is 95.2 Å². The number of benzene rings is 1. The smallest absolute Gasteiger partial charge is 0.131 e. The van der Waals surface area contributed by atoms with Crippen LogP contribution < -0.4 is 5.32 Å². The number of hydrogen-bond acceptors (Lipinski definition) is 3. The molecule has 1 aromatic rings. The van der Waals surface area contributed by atoms with Crippen molar-refractivity contribution in [2.24, 2.45) is 0 Å². The molecule has 0 spiro atoms. The SMILES string of the molecule is COCC(C)NC(C)c1ccc(O)cc1F. The fourth-order valence-electron chi connectivity index (χ4n) is 1.68. The number of aromatic hydroxyl groups is 1. The highest BCUT2D eigenvalue weighted by molar-refractivity contribution is 5.29. The lowest BCUT2D eigenvalue weighted by Gasteiger charge is -2.20. The van der Waals surface area contributed by atoms with E-state index in [0.29, 0.717) is 12.2 Å². The van der Waals surface area contributed by atoms with E-state index >= 15 is 0 Å². The fourth-order valence-corrected chi connectivity index (χ4v) is 1.68. The van der Waals surface area contributed by atoms with Gasteiger partial charge in [0.05, 0.1) is 6.61 Å². The van der Waals surface area contributed by atoms with Crippen LogP contribution in [0.3, 0.4) is 0 Å². The Hall–Kier alpha value is -1.13. The summed E-state index contributed by atoms with van der Waals surface area (Å²) in [5.41, 5.74) is 0.542. The largest absolute Gasteiger partial charge is 0.508 e. The van der Waals surface area contributed by atoms with E-state index in [1.54, 1.807) is 13.2 Å². The van der Waals surface area contributed by atoms with E-state index in [4.69, 9.17) is 9.84 Å². The van der Waals surface area contributed by atoms with Crippen LogP contribution in [0.15, 0.2) is 18.2 Å². The molecular formula is C12H18FNO2. The molecule has 4 heteroatoms. The van der Waals surface area contributed by atoms with Gasteiger partial charge in [-0.15, -0.1) is 0 Å². The second-order valence-electron chi connectivity index (χ2n) is 3.95. The third-order valence-electron chi connectivity index (χ3n) is 2.40. The zero-order chi connectivity index (χ0) is 12.1. The molecule has 90 valence electrons. The molecule has 0 radical (unpaired) electrons. The summed E-state index contributed by atoms with van der Waals surface area (Å²) < 4.78 is 18.5.